The van der Waals surface area contributed by atoms with E-state index < -0.39 is 5.97 Å². The molecule has 2 N–H and O–H groups in total. The van der Waals surface area contributed by atoms with Gasteiger partial charge >= 0.3 is 5.97 Å². The molecular formula is C22H21ClN2O3. The number of hydrogen-bond donors (Lipinski definition) is 2. The summed E-state index contributed by atoms with van der Waals surface area (Å²) in [5.41, 5.74) is 7.69. The molecule has 0 fully saturated rings. The SMILES string of the molecule is O=C(O)C1=CN(CCCc2ccc(Cl)cc2)NC(c2ccc3c(c2)CCO3)=C1. The van der Waals surface area contributed by atoms with E-state index in [0.29, 0.717) is 13.2 Å². The molecule has 144 valence electrons. The van der Waals surface area contributed by atoms with Gasteiger partial charge in [-0.25, -0.2) is 4.79 Å². The van der Waals surface area contributed by atoms with Crippen LogP contribution in [-0.4, -0.2) is 29.2 Å². The van der Waals surface area contributed by atoms with Crippen molar-refractivity contribution in [2.75, 3.05) is 13.2 Å². The number of nitrogens with zero attached hydrogens (tertiary/aromatic N) is 1. The second-order valence-electron chi connectivity index (χ2n) is 6.90. The Hall–Kier alpha value is -2.92. The van der Waals surface area contributed by atoms with Crippen molar-refractivity contribution in [3.63, 3.8) is 0 Å². The van der Waals surface area contributed by atoms with Crippen molar-refractivity contribution in [1.29, 1.82) is 0 Å². The van der Waals surface area contributed by atoms with Crippen LogP contribution in [0, 0.1) is 0 Å². The summed E-state index contributed by atoms with van der Waals surface area (Å²) in [6.45, 7) is 1.38. The standard InChI is InChI=1S/C22H21ClN2O3/c23-19-6-3-15(4-7-19)2-1-10-25-14-18(22(26)27)13-20(24-25)16-5-8-21-17(12-16)9-11-28-21/h3-8,12-14,24H,1-2,9-11H2,(H,26,27). The van der Waals surface area contributed by atoms with Crippen LogP contribution in [0.2, 0.25) is 5.02 Å². The van der Waals surface area contributed by atoms with Gasteiger partial charge in [-0.3, -0.25) is 10.4 Å². The lowest BCUT2D eigenvalue weighted by atomic mass is 10.0. The van der Waals surface area contributed by atoms with Crippen molar-refractivity contribution >= 4 is 23.3 Å². The molecule has 5 nitrogen and oxygen atoms in total. The van der Waals surface area contributed by atoms with Gasteiger partial charge in [0, 0.05) is 24.2 Å². The van der Waals surface area contributed by atoms with Crippen molar-refractivity contribution in [1.82, 2.24) is 10.4 Å². The summed E-state index contributed by atoms with van der Waals surface area (Å²) in [6, 6.07) is 13.8. The molecular weight excluding hydrogens is 376 g/mol. The lowest BCUT2D eigenvalue weighted by Crippen LogP contribution is -2.36. The molecule has 0 saturated heterocycles. The van der Waals surface area contributed by atoms with E-state index in [1.807, 2.05) is 41.4 Å². The first-order chi connectivity index (χ1) is 13.6. The van der Waals surface area contributed by atoms with Crippen molar-refractivity contribution < 1.29 is 14.6 Å². The zero-order chi connectivity index (χ0) is 19.5. The number of rotatable bonds is 6. The molecule has 2 aliphatic rings. The topological polar surface area (TPSA) is 61.8 Å². The summed E-state index contributed by atoms with van der Waals surface area (Å²) in [7, 11) is 0. The molecule has 0 aliphatic carbocycles. The van der Waals surface area contributed by atoms with E-state index in [-0.39, 0.29) is 5.57 Å². The van der Waals surface area contributed by atoms with Gasteiger partial charge in [-0.05, 0) is 65.9 Å². The van der Waals surface area contributed by atoms with E-state index in [1.54, 1.807) is 12.3 Å². The molecule has 0 amide bonds. The van der Waals surface area contributed by atoms with Crippen molar-refractivity contribution in [2.24, 2.45) is 0 Å². The molecule has 2 aromatic rings. The minimum Gasteiger partial charge on any atom is -0.493 e. The van der Waals surface area contributed by atoms with Gasteiger partial charge in [0.1, 0.15) is 5.75 Å². The number of carbonyl (C=O) groups is 1. The molecule has 0 atom stereocenters. The number of nitrogens with one attached hydrogen (secondary N) is 1. The number of fused-ring (bicyclic) bond motifs is 1. The van der Waals surface area contributed by atoms with Gasteiger partial charge in [-0.15, -0.1) is 0 Å². The van der Waals surface area contributed by atoms with E-state index in [9.17, 15) is 9.90 Å². The second-order valence-corrected chi connectivity index (χ2v) is 7.34. The van der Waals surface area contributed by atoms with E-state index in [0.717, 1.165) is 46.9 Å². The fraction of sp³-hybridized carbons (Fsp3) is 0.227. The molecule has 0 radical (unpaired) electrons. The number of benzene rings is 2. The molecule has 0 saturated carbocycles. The minimum atomic E-state index is -0.939. The average molecular weight is 397 g/mol. The fourth-order valence-electron chi connectivity index (χ4n) is 3.42. The van der Waals surface area contributed by atoms with Crippen LogP contribution >= 0.6 is 11.6 Å². The minimum absolute atomic E-state index is 0.261. The third-order valence-corrected chi connectivity index (χ3v) is 5.14. The second kappa shape index (κ2) is 7.98. The Bertz CT molecular complexity index is 951. The highest BCUT2D eigenvalue weighted by Gasteiger charge is 2.19. The first-order valence-corrected chi connectivity index (χ1v) is 9.67. The summed E-state index contributed by atoms with van der Waals surface area (Å²) in [4.78, 5) is 11.6. The molecule has 28 heavy (non-hydrogen) atoms. The maximum absolute atomic E-state index is 11.6. The van der Waals surface area contributed by atoms with Crippen LogP contribution in [0.5, 0.6) is 5.75 Å². The molecule has 0 aromatic heterocycles. The lowest BCUT2D eigenvalue weighted by molar-refractivity contribution is -0.132. The van der Waals surface area contributed by atoms with Crippen LogP contribution in [0.3, 0.4) is 0 Å². The molecule has 4 rings (SSSR count). The predicted octanol–water partition coefficient (Wildman–Crippen LogP) is 4.04. The molecule has 2 aliphatic heterocycles. The van der Waals surface area contributed by atoms with Crippen LogP contribution < -0.4 is 10.2 Å². The third kappa shape index (κ3) is 4.15. The number of ether oxygens (including phenoxy) is 1. The quantitative estimate of drug-likeness (QED) is 0.771. The Morgan fingerprint density at radius 3 is 2.82 bits per heavy atom. The number of carboxylic acid groups (broad SMARTS) is 1. The zero-order valence-corrected chi connectivity index (χ0v) is 16.1. The van der Waals surface area contributed by atoms with Crippen molar-refractivity contribution in [2.45, 2.75) is 19.3 Å². The number of halogens is 1. The first-order valence-electron chi connectivity index (χ1n) is 9.29. The summed E-state index contributed by atoms with van der Waals surface area (Å²) >= 11 is 5.93. The molecule has 2 aromatic carbocycles. The Morgan fingerprint density at radius 2 is 2.04 bits per heavy atom. The summed E-state index contributed by atoms with van der Waals surface area (Å²) in [5.74, 6) is -0.0276. The van der Waals surface area contributed by atoms with Crippen molar-refractivity contribution in [3.8, 4) is 5.75 Å². The highest BCUT2D eigenvalue weighted by molar-refractivity contribution is 6.30. The molecule has 0 bridgehead atoms. The van der Waals surface area contributed by atoms with Gasteiger partial charge in [-0.1, -0.05) is 23.7 Å². The largest absolute Gasteiger partial charge is 0.493 e. The maximum atomic E-state index is 11.6. The van der Waals surface area contributed by atoms with E-state index in [1.165, 1.54) is 5.56 Å². The first kappa shape index (κ1) is 18.4. The number of aryl methyl sites for hydroxylation is 1. The summed E-state index contributed by atoms with van der Waals surface area (Å²) in [5, 5.41) is 12.1. The van der Waals surface area contributed by atoms with Crippen LogP contribution in [0.25, 0.3) is 5.70 Å². The highest BCUT2D eigenvalue weighted by Crippen LogP contribution is 2.29. The normalized spacial score (nSPS) is 15.2. The summed E-state index contributed by atoms with van der Waals surface area (Å²) < 4.78 is 5.56. The van der Waals surface area contributed by atoms with Gasteiger partial charge in [0.05, 0.1) is 17.9 Å². The van der Waals surface area contributed by atoms with Crippen LogP contribution in [0.15, 0.2) is 60.3 Å². The predicted molar refractivity (Wildman–Crippen MR) is 109 cm³/mol. The third-order valence-electron chi connectivity index (χ3n) is 4.88. The highest BCUT2D eigenvalue weighted by atomic mass is 35.5. The van der Waals surface area contributed by atoms with Gasteiger partial charge in [0.15, 0.2) is 0 Å². The maximum Gasteiger partial charge on any atom is 0.337 e. The number of hydrazine groups is 1. The number of carboxylic acids is 1. The van der Waals surface area contributed by atoms with Gasteiger partial charge < -0.3 is 9.84 Å². The lowest BCUT2D eigenvalue weighted by Gasteiger charge is -2.28. The van der Waals surface area contributed by atoms with E-state index in [4.69, 9.17) is 16.3 Å². The van der Waals surface area contributed by atoms with Gasteiger partial charge in [-0.2, -0.15) is 0 Å². The number of hydrogen-bond acceptors (Lipinski definition) is 4. The van der Waals surface area contributed by atoms with Crippen LogP contribution in [0.4, 0.5) is 0 Å². The summed E-state index contributed by atoms with van der Waals surface area (Å²) in [6.07, 6.45) is 5.97. The molecule has 6 heteroatoms. The van der Waals surface area contributed by atoms with Crippen LogP contribution in [-0.2, 0) is 17.6 Å². The Morgan fingerprint density at radius 1 is 1.21 bits per heavy atom. The zero-order valence-electron chi connectivity index (χ0n) is 15.3. The average Bonchev–Trinajstić information content (AvgIpc) is 3.17. The monoisotopic (exact) mass is 396 g/mol. The van der Waals surface area contributed by atoms with Gasteiger partial charge in [0.25, 0.3) is 0 Å². The Labute approximate surface area is 168 Å². The van der Waals surface area contributed by atoms with Crippen LogP contribution in [0.1, 0.15) is 23.1 Å². The van der Waals surface area contributed by atoms with E-state index in [2.05, 4.69) is 11.5 Å². The molecule has 2 heterocycles. The molecule has 0 unspecified atom stereocenters. The Balaban J connectivity index is 1.46. The van der Waals surface area contributed by atoms with E-state index >= 15 is 0 Å². The van der Waals surface area contributed by atoms with Gasteiger partial charge in [0.2, 0.25) is 0 Å². The Kier molecular flexibility index (Phi) is 5.26. The number of aliphatic carboxylic acids is 1. The fourth-order valence-corrected chi connectivity index (χ4v) is 3.55. The smallest absolute Gasteiger partial charge is 0.337 e. The van der Waals surface area contributed by atoms with Crippen molar-refractivity contribution in [3.05, 3.63) is 82.0 Å². The molecule has 0 spiro atoms.